The van der Waals surface area contributed by atoms with Gasteiger partial charge in [0.15, 0.2) is 0 Å². The third-order valence-corrected chi connectivity index (χ3v) is 2.95. The van der Waals surface area contributed by atoms with Crippen LogP contribution in [0.2, 0.25) is 0 Å². The highest BCUT2D eigenvalue weighted by atomic mass is 16.2. The molecule has 4 heteroatoms. The molecule has 0 saturated carbocycles. The SMILES string of the molecule is Cc1cc(N)c(C(=O)N2CCCCC2)cn1. The second kappa shape index (κ2) is 4.51. The number of aryl methyl sites for hydroxylation is 1. The number of likely N-dealkylation sites (tertiary alicyclic amines) is 1. The molecule has 1 fully saturated rings. The molecule has 2 N–H and O–H groups in total. The number of nitrogens with zero attached hydrogens (tertiary/aromatic N) is 2. The quantitative estimate of drug-likeness (QED) is 0.780. The lowest BCUT2D eigenvalue weighted by molar-refractivity contribution is 0.0725. The molecule has 2 heterocycles. The van der Waals surface area contributed by atoms with E-state index in [1.807, 2.05) is 11.8 Å². The van der Waals surface area contributed by atoms with Crippen molar-refractivity contribution in [2.45, 2.75) is 26.2 Å². The molecule has 86 valence electrons. The molecule has 1 aromatic heterocycles. The molecule has 0 bridgehead atoms. The minimum absolute atomic E-state index is 0.0182. The van der Waals surface area contributed by atoms with Gasteiger partial charge in [-0.1, -0.05) is 0 Å². The van der Waals surface area contributed by atoms with Gasteiger partial charge in [0.05, 0.1) is 5.56 Å². The smallest absolute Gasteiger partial charge is 0.257 e. The number of nitrogen functional groups attached to an aromatic ring is 1. The molecule has 1 aliphatic heterocycles. The van der Waals surface area contributed by atoms with Gasteiger partial charge in [0.2, 0.25) is 0 Å². The summed E-state index contributed by atoms with van der Waals surface area (Å²) >= 11 is 0. The first-order valence-corrected chi connectivity index (χ1v) is 5.70. The van der Waals surface area contributed by atoms with E-state index in [1.165, 1.54) is 6.42 Å². The van der Waals surface area contributed by atoms with Crippen LogP contribution in [-0.2, 0) is 0 Å². The van der Waals surface area contributed by atoms with Crippen molar-refractivity contribution in [3.8, 4) is 0 Å². The number of carbonyl (C=O) groups excluding carboxylic acids is 1. The normalized spacial score (nSPS) is 16.2. The monoisotopic (exact) mass is 219 g/mol. The minimum atomic E-state index is 0.0182. The summed E-state index contributed by atoms with van der Waals surface area (Å²) in [5.74, 6) is 0.0182. The van der Waals surface area contributed by atoms with E-state index in [4.69, 9.17) is 5.73 Å². The maximum atomic E-state index is 12.1. The topological polar surface area (TPSA) is 59.2 Å². The van der Waals surface area contributed by atoms with Gasteiger partial charge < -0.3 is 10.6 Å². The van der Waals surface area contributed by atoms with Gasteiger partial charge in [-0.25, -0.2) is 0 Å². The van der Waals surface area contributed by atoms with E-state index in [2.05, 4.69) is 4.98 Å². The molecule has 2 rings (SSSR count). The Balaban J connectivity index is 2.19. The first-order valence-electron chi connectivity index (χ1n) is 5.70. The van der Waals surface area contributed by atoms with Crippen LogP contribution in [0.15, 0.2) is 12.3 Å². The Labute approximate surface area is 95.5 Å². The molecule has 0 aromatic carbocycles. The Morgan fingerprint density at radius 2 is 2.06 bits per heavy atom. The summed E-state index contributed by atoms with van der Waals surface area (Å²) in [4.78, 5) is 18.1. The van der Waals surface area contributed by atoms with E-state index < -0.39 is 0 Å². The lowest BCUT2D eigenvalue weighted by atomic mass is 10.1. The van der Waals surface area contributed by atoms with Gasteiger partial charge in [-0.15, -0.1) is 0 Å². The van der Waals surface area contributed by atoms with Crippen LogP contribution in [0.1, 0.15) is 35.3 Å². The minimum Gasteiger partial charge on any atom is -0.398 e. The summed E-state index contributed by atoms with van der Waals surface area (Å²) in [5.41, 5.74) is 7.75. The van der Waals surface area contributed by atoms with Crippen molar-refractivity contribution in [1.29, 1.82) is 0 Å². The maximum Gasteiger partial charge on any atom is 0.257 e. The molecule has 0 unspecified atom stereocenters. The van der Waals surface area contributed by atoms with E-state index in [1.54, 1.807) is 12.3 Å². The van der Waals surface area contributed by atoms with Crippen molar-refractivity contribution in [2.75, 3.05) is 18.8 Å². The first kappa shape index (κ1) is 10.9. The van der Waals surface area contributed by atoms with Crippen LogP contribution in [-0.4, -0.2) is 28.9 Å². The van der Waals surface area contributed by atoms with Gasteiger partial charge in [0.1, 0.15) is 0 Å². The van der Waals surface area contributed by atoms with E-state index >= 15 is 0 Å². The summed E-state index contributed by atoms with van der Waals surface area (Å²) in [5, 5.41) is 0. The largest absolute Gasteiger partial charge is 0.398 e. The molecule has 1 saturated heterocycles. The number of hydrogen-bond acceptors (Lipinski definition) is 3. The highest BCUT2D eigenvalue weighted by molar-refractivity contribution is 5.98. The Bertz CT molecular complexity index is 397. The second-order valence-electron chi connectivity index (χ2n) is 4.27. The molecule has 0 radical (unpaired) electrons. The van der Waals surface area contributed by atoms with E-state index in [0.717, 1.165) is 31.6 Å². The third kappa shape index (κ3) is 2.15. The predicted octanol–water partition coefficient (Wildman–Crippen LogP) is 1.60. The molecule has 0 aliphatic carbocycles. The zero-order chi connectivity index (χ0) is 11.5. The summed E-state index contributed by atoms with van der Waals surface area (Å²) < 4.78 is 0. The zero-order valence-electron chi connectivity index (χ0n) is 9.57. The average Bonchev–Trinajstić information content (AvgIpc) is 2.29. The van der Waals surface area contributed by atoms with Crippen molar-refractivity contribution in [2.24, 2.45) is 0 Å². The molecule has 1 amide bonds. The number of nitrogens with two attached hydrogens (primary N) is 1. The van der Waals surface area contributed by atoms with Gasteiger partial charge >= 0.3 is 0 Å². The van der Waals surface area contributed by atoms with Crippen LogP contribution in [0, 0.1) is 6.92 Å². The Hall–Kier alpha value is -1.58. The summed E-state index contributed by atoms with van der Waals surface area (Å²) in [6.07, 6.45) is 4.98. The van der Waals surface area contributed by atoms with E-state index in [9.17, 15) is 4.79 Å². The number of pyridine rings is 1. The van der Waals surface area contributed by atoms with Gasteiger partial charge in [-0.05, 0) is 32.3 Å². The van der Waals surface area contributed by atoms with Gasteiger partial charge in [-0.3, -0.25) is 9.78 Å². The standard InChI is InChI=1S/C12H17N3O/c1-9-7-11(13)10(8-14-9)12(16)15-5-3-2-4-6-15/h7-8H,2-6H2,1H3,(H2,13,14). The lowest BCUT2D eigenvalue weighted by Crippen LogP contribution is -2.36. The van der Waals surface area contributed by atoms with Crippen LogP contribution >= 0.6 is 0 Å². The Kier molecular flexibility index (Phi) is 3.08. The van der Waals surface area contributed by atoms with Gasteiger partial charge in [0.25, 0.3) is 5.91 Å². The molecule has 0 atom stereocenters. The molecule has 16 heavy (non-hydrogen) atoms. The molecule has 1 aromatic rings. The first-order chi connectivity index (χ1) is 7.68. The zero-order valence-corrected chi connectivity index (χ0v) is 9.57. The predicted molar refractivity (Wildman–Crippen MR) is 63.1 cm³/mol. The number of carbonyl (C=O) groups is 1. The Morgan fingerprint density at radius 1 is 1.38 bits per heavy atom. The summed E-state index contributed by atoms with van der Waals surface area (Å²) in [7, 11) is 0. The molecule has 1 aliphatic rings. The van der Waals surface area contributed by atoms with Crippen LogP contribution in [0.5, 0.6) is 0 Å². The highest BCUT2D eigenvalue weighted by Gasteiger charge is 2.20. The van der Waals surface area contributed by atoms with Gasteiger partial charge in [-0.2, -0.15) is 0 Å². The lowest BCUT2D eigenvalue weighted by Gasteiger charge is -2.27. The number of rotatable bonds is 1. The fourth-order valence-electron chi connectivity index (χ4n) is 2.03. The van der Waals surface area contributed by atoms with Crippen molar-refractivity contribution in [1.82, 2.24) is 9.88 Å². The summed E-state index contributed by atoms with van der Waals surface area (Å²) in [6, 6.07) is 1.75. The van der Waals surface area contributed by atoms with Crippen molar-refractivity contribution >= 4 is 11.6 Å². The van der Waals surface area contributed by atoms with Crippen LogP contribution in [0.3, 0.4) is 0 Å². The number of amides is 1. The van der Waals surface area contributed by atoms with Gasteiger partial charge in [0, 0.05) is 30.7 Å². The number of hydrogen-bond donors (Lipinski definition) is 1. The molecule has 4 nitrogen and oxygen atoms in total. The fourth-order valence-corrected chi connectivity index (χ4v) is 2.03. The van der Waals surface area contributed by atoms with Crippen molar-refractivity contribution in [3.63, 3.8) is 0 Å². The average molecular weight is 219 g/mol. The summed E-state index contributed by atoms with van der Waals surface area (Å²) in [6.45, 7) is 3.55. The fraction of sp³-hybridized carbons (Fsp3) is 0.500. The van der Waals surface area contributed by atoms with Crippen LogP contribution in [0.4, 0.5) is 5.69 Å². The number of piperidine rings is 1. The van der Waals surface area contributed by atoms with E-state index in [-0.39, 0.29) is 5.91 Å². The third-order valence-electron chi connectivity index (χ3n) is 2.95. The number of anilines is 1. The van der Waals surface area contributed by atoms with Crippen molar-refractivity contribution in [3.05, 3.63) is 23.5 Å². The van der Waals surface area contributed by atoms with Crippen LogP contribution < -0.4 is 5.73 Å². The second-order valence-corrected chi connectivity index (χ2v) is 4.27. The molecule has 0 spiro atoms. The highest BCUT2D eigenvalue weighted by Crippen LogP contribution is 2.17. The van der Waals surface area contributed by atoms with Crippen molar-refractivity contribution < 1.29 is 4.79 Å². The number of aromatic nitrogens is 1. The van der Waals surface area contributed by atoms with E-state index in [0.29, 0.717) is 11.3 Å². The Morgan fingerprint density at radius 3 is 2.69 bits per heavy atom. The molecular formula is C12H17N3O. The maximum absolute atomic E-state index is 12.1. The molecular weight excluding hydrogens is 202 g/mol. The van der Waals surface area contributed by atoms with Crippen LogP contribution in [0.25, 0.3) is 0 Å².